The Morgan fingerprint density at radius 3 is 2.64 bits per heavy atom. The number of hydrogen-bond donors (Lipinski definition) is 3. The summed E-state index contributed by atoms with van der Waals surface area (Å²) in [6.07, 6.45) is 1.66. The maximum absolute atomic E-state index is 12.2. The van der Waals surface area contributed by atoms with Crippen LogP contribution in [-0.2, 0) is 11.3 Å². The number of nitrogens with one attached hydrogen (secondary N) is 3. The largest absolute Gasteiger partial charge is 0.497 e. The molecule has 0 atom stereocenters. The van der Waals surface area contributed by atoms with Crippen LogP contribution in [0.25, 0.3) is 0 Å². The quantitative estimate of drug-likeness (QED) is 0.539. The van der Waals surface area contributed by atoms with Crippen LogP contribution < -0.4 is 20.7 Å². The van der Waals surface area contributed by atoms with Gasteiger partial charge in [-0.3, -0.25) is 14.6 Å². The third-order valence-corrected chi connectivity index (χ3v) is 4.44. The molecule has 0 unspecified atom stereocenters. The van der Waals surface area contributed by atoms with Crippen LogP contribution in [-0.4, -0.2) is 35.4 Å². The molecule has 0 fully saturated rings. The minimum atomic E-state index is -0.410. The first kappa shape index (κ1) is 19.3. The molecule has 0 radical (unpaired) electrons. The zero-order chi connectivity index (χ0) is 19.8. The van der Waals surface area contributed by atoms with E-state index in [1.165, 1.54) is 11.3 Å². The number of anilines is 2. The zero-order valence-corrected chi connectivity index (χ0v) is 16.0. The second-order valence-electron chi connectivity index (χ2n) is 5.67. The minimum Gasteiger partial charge on any atom is -0.497 e. The summed E-state index contributed by atoms with van der Waals surface area (Å²) in [6, 6.07) is 12.8. The van der Waals surface area contributed by atoms with Gasteiger partial charge in [-0.05, 0) is 36.4 Å². The van der Waals surface area contributed by atoms with E-state index >= 15 is 0 Å². The number of methoxy groups -OCH3 is 1. The third kappa shape index (κ3) is 5.52. The minimum absolute atomic E-state index is 0.134. The van der Waals surface area contributed by atoms with Gasteiger partial charge in [0.05, 0.1) is 25.9 Å². The Morgan fingerprint density at radius 1 is 1.11 bits per heavy atom. The molecule has 8 nitrogen and oxygen atoms in total. The fourth-order valence-corrected chi connectivity index (χ4v) is 2.95. The number of thiazole rings is 1. The number of hydrogen-bond acceptors (Lipinski definition) is 7. The molecule has 0 aliphatic carbocycles. The van der Waals surface area contributed by atoms with E-state index < -0.39 is 5.91 Å². The molecule has 3 aromatic rings. The molecule has 144 valence electrons. The topological polar surface area (TPSA) is 105 Å². The van der Waals surface area contributed by atoms with E-state index in [0.717, 1.165) is 17.1 Å². The first-order chi connectivity index (χ1) is 13.6. The summed E-state index contributed by atoms with van der Waals surface area (Å²) in [5.41, 5.74) is 1.82. The maximum atomic E-state index is 12.2. The molecule has 0 saturated heterocycles. The monoisotopic (exact) mass is 397 g/mol. The maximum Gasteiger partial charge on any atom is 0.271 e. The van der Waals surface area contributed by atoms with Gasteiger partial charge in [0.25, 0.3) is 5.91 Å². The summed E-state index contributed by atoms with van der Waals surface area (Å²) in [4.78, 5) is 32.4. The average molecular weight is 397 g/mol. The van der Waals surface area contributed by atoms with Crippen LogP contribution in [0.5, 0.6) is 5.75 Å². The normalized spacial score (nSPS) is 10.2. The van der Waals surface area contributed by atoms with Crippen LogP contribution in [0.2, 0.25) is 0 Å². The fourth-order valence-electron chi connectivity index (χ4n) is 2.24. The lowest BCUT2D eigenvalue weighted by atomic mass is 10.3. The van der Waals surface area contributed by atoms with Gasteiger partial charge in [0.15, 0.2) is 5.13 Å². The fraction of sp³-hybridized carbons (Fsp3) is 0.158. The van der Waals surface area contributed by atoms with Gasteiger partial charge in [-0.1, -0.05) is 6.07 Å². The molecule has 3 N–H and O–H groups in total. The second-order valence-corrected chi connectivity index (χ2v) is 6.53. The Labute approximate surface area is 166 Å². The summed E-state index contributed by atoms with van der Waals surface area (Å²) in [7, 11) is 1.60. The van der Waals surface area contributed by atoms with Crippen LogP contribution in [0.4, 0.5) is 10.8 Å². The number of ether oxygens (including phenoxy) is 1. The van der Waals surface area contributed by atoms with E-state index in [4.69, 9.17) is 4.74 Å². The average Bonchev–Trinajstić information content (AvgIpc) is 3.20. The Morgan fingerprint density at radius 2 is 1.93 bits per heavy atom. The third-order valence-electron chi connectivity index (χ3n) is 3.68. The molecule has 9 heteroatoms. The predicted molar refractivity (Wildman–Crippen MR) is 107 cm³/mol. The summed E-state index contributed by atoms with van der Waals surface area (Å²) in [5.74, 6) is 0.0453. The molecular formula is C19H19N5O3S. The lowest BCUT2D eigenvalue weighted by Crippen LogP contribution is -2.36. The molecule has 0 bridgehead atoms. The summed E-state index contributed by atoms with van der Waals surface area (Å²) in [5, 5.41) is 10.6. The van der Waals surface area contributed by atoms with Crippen molar-refractivity contribution in [2.24, 2.45) is 0 Å². The molecule has 2 heterocycles. The molecule has 2 aromatic heterocycles. The second kappa shape index (κ2) is 9.47. The molecule has 0 aliphatic rings. The van der Waals surface area contributed by atoms with Crippen LogP contribution in [0, 0.1) is 0 Å². The van der Waals surface area contributed by atoms with E-state index in [1.54, 1.807) is 24.8 Å². The van der Waals surface area contributed by atoms with Gasteiger partial charge in [-0.25, -0.2) is 4.98 Å². The molecule has 2 amide bonds. The van der Waals surface area contributed by atoms with Crippen molar-refractivity contribution < 1.29 is 14.3 Å². The Hall–Kier alpha value is -3.46. The Kier molecular flexibility index (Phi) is 6.53. The molecule has 0 spiro atoms. The highest BCUT2D eigenvalue weighted by atomic mass is 32.1. The summed E-state index contributed by atoms with van der Waals surface area (Å²) >= 11 is 1.30. The van der Waals surface area contributed by atoms with Crippen molar-refractivity contribution in [3.8, 4) is 5.75 Å². The summed E-state index contributed by atoms with van der Waals surface area (Å²) < 4.78 is 5.11. The van der Waals surface area contributed by atoms with Crippen molar-refractivity contribution in [1.82, 2.24) is 20.6 Å². The number of carbonyl (C=O) groups is 2. The first-order valence-corrected chi connectivity index (χ1v) is 9.33. The number of rotatable bonds is 8. The van der Waals surface area contributed by atoms with Gasteiger partial charge in [-0.2, -0.15) is 0 Å². The van der Waals surface area contributed by atoms with Crippen molar-refractivity contribution >= 4 is 34.0 Å². The van der Waals surface area contributed by atoms with Crippen LogP contribution in [0.15, 0.2) is 54.0 Å². The van der Waals surface area contributed by atoms with Gasteiger partial charge >= 0.3 is 0 Å². The smallest absolute Gasteiger partial charge is 0.271 e. The highest BCUT2D eigenvalue weighted by Gasteiger charge is 2.12. The summed E-state index contributed by atoms with van der Waals surface area (Å²) in [6.45, 7) is 0.173. The Bertz CT molecular complexity index is 928. The van der Waals surface area contributed by atoms with Crippen LogP contribution in [0.1, 0.15) is 16.2 Å². The molecule has 0 saturated carbocycles. The van der Waals surface area contributed by atoms with E-state index in [9.17, 15) is 9.59 Å². The lowest BCUT2D eigenvalue weighted by Gasteiger charge is -2.06. The molecule has 1 aromatic carbocycles. The van der Waals surface area contributed by atoms with E-state index in [1.807, 2.05) is 36.4 Å². The van der Waals surface area contributed by atoms with Crippen molar-refractivity contribution in [2.75, 3.05) is 19.0 Å². The van der Waals surface area contributed by atoms with Gasteiger partial charge in [0, 0.05) is 17.3 Å². The highest BCUT2D eigenvalue weighted by molar-refractivity contribution is 7.14. The SMILES string of the molecule is COc1ccc(Nc2nc(C(=O)NCC(=O)NCc3ccccn3)cs2)cc1. The Balaban J connectivity index is 1.46. The van der Waals surface area contributed by atoms with Crippen molar-refractivity contribution in [3.05, 3.63) is 65.4 Å². The number of pyridine rings is 1. The van der Waals surface area contributed by atoms with Gasteiger partial charge in [0.2, 0.25) is 5.91 Å². The molecule has 3 rings (SSSR count). The van der Waals surface area contributed by atoms with Gasteiger partial charge in [-0.15, -0.1) is 11.3 Å². The number of benzene rings is 1. The molecule has 28 heavy (non-hydrogen) atoms. The van der Waals surface area contributed by atoms with Gasteiger partial charge < -0.3 is 20.7 Å². The van der Waals surface area contributed by atoms with Crippen molar-refractivity contribution in [3.63, 3.8) is 0 Å². The predicted octanol–water partition coefficient (Wildman–Crippen LogP) is 2.34. The first-order valence-electron chi connectivity index (χ1n) is 8.45. The number of aromatic nitrogens is 2. The van der Waals surface area contributed by atoms with E-state index in [2.05, 4.69) is 25.9 Å². The highest BCUT2D eigenvalue weighted by Crippen LogP contribution is 2.22. The number of amides is 2. The van der Waals surface area contributed by atoms with Crippen molar-refractivity contribution in [1.29, 1.82) is 0 Å². The number of carbonyl (C=O) groups excluding carboxylic acids is 2. The molecule has 0 aliphatic heterocycles. The number of nitrogens with zero attached hydrogens (tertiary/aromatic N) is 2. The van der Waals surface area contributed by atoms with Crippen LogP contribution in [0.3, 0.4) is 0 Å². The van der Waals surface area contributed by atoms with E-state index in [-0.39, 0.29) is 18.1 Å². The lowest BCUT2D eigenvalue weighted by molar-refractivity contribution is -0.120. The van der Waals surface area contributed by atoms with Crippen LogP contribution >= 0.6 is 11.3 Å². The molecular weight excluding hydrogens is 378 g/mol. The van der Waals surface area contributed by atoms with E-state index in [0.29, 0.717) is 11.7 Å². The van der Waals surface area contributed by atoms with Crippen molar-refractivity contribution in [2.45, 2.75) is 6.54 Å². The standard InChI is InChI=1S/C19H19N5O3S/c1-27-15-7-5-13(6-8-15)23-19-24-16(12-28-19)18(26)22-11-17(25)21-10-14-4-2-3-9-20-14/h2-9,12H,10-11H2,1H3,(H,21,25)(H,22,26)(H,23,24). The van der Waals surface area contributed by atoms with Gasteiger partial charge in [0.1, 0.15) is 11.4 Å². The zero-order valence-electron chi connectivity index (χ0n) is 15.1.